The normalized spacial score (nSPS) is 21.9. The van der Waals surface area contributed by atoms with Gasteiger partial charge in [0, 0.05) is 24.2 Å². The molecule has 4 N–H and O–H groups in total. The molecule has 5 rings (SSSR count). The fourth-order valence-electron chi connectivity index (χ4n) is 4.64. The standard InChI is InChI=1S/C25H27FN6O2/c26-18-12-10-16(11-13-18)15-27-25(34)29-22-14-21(17-6-2-1-3-7-17)31-32(22)24-28-20-9-5-4-8-19(20)23(33)30-24/h1-3,6-7,10-14,19-20,24,28H,4-5,8-9,15H2,(H,30,33)(H2,27,29,34). The van der Waals surface area contributed by atoms with Crippen LogP contribution in [-0.2, 0) is 11.3 Å². The first-order valence-corrected chi connectivity index (χ1v) is 11.6. The lowest BCUT2D eigenvalue weighted by Gasteiger charge is -2.40. The molecule has 1 aliphatic heterocycles. The highest BCUT2D eigenvalue weighted by Crippen LogP contribution is 2.30. The molecule has 9 heteroatoms. The molecule has 1 aliphatic carbocycles. The molecule has 1 saturated carbocycles. The predicted molar refractivity (Wildman–Crippen MR) is 126 cm³/mol. The number of rotatable bonds is 5. The third-order valence-electron chi connectivity index (χ3n) is 6.41. The minimum atomic E-state index is -0.572. The van der Waals surface area contributed by atoms with Gasteiger partial charge in [-0.05, 0) is 30.5 Å². The van der Waals surface area contributed by atoms with Crippen LogP contribution in [0.25, 0.3) is 11.3 Å². The number of carbonyl (C=O) groups excluding carboxylic acids is 2. The Morgan fingerprint density at radius 3 is 2.65 bits per heavy atom. The van der Waals surface area contributed by atoms with E-state index < -0.39 is 12.3 Å². The minimum Gasteiger partial charge on any atom is -0.334 e. The summed E-state index contributed by atoms with van der Waals surface area (Å²) in [5.41, 5.74) is 2.35. The van der Waals surface area contributed by atoms with Gasteiger partial charge in [-0.15, -0.1) is 0 Å². The van der Waals surface area contributed by atoms with E-state index in [-0.39, 0.29) is 30.2 Å². The van der Waals surface area contributed by atoms with Gasteiger partial charge < -0.3 is 10.6 Å². The van der Waals surface area contributed by atoms with E-state index in [1.165, 1.54) is 12.1 Å². The second-order valence-corrected chi connectivity index (χ2v) is 8.73. The first kappa shape index (κ1) is 22.1. The summed E-state index contributed by atoms with van der Waals surface area (Å²) in [6.07, 6.45) is 3.38. The second-order valence-electron chi connectivity index (χ2n) is 8.73. The third kappa shape index (κ3) is 4.79. The quantitative estimate of drug-likeness (QED) is 0.464. The molecular formula is C25H27FN6O2. The Bertz CT molecular complexity index is 1160. The van der Waals surface area contributed by atoms with Gasteiger partial charge in [-0.1, -0.05) is 55.3 Å². The van der Waals surface area contributed by atoms with Crippen LogP contribution in [0.5, 0.6) is 0 Å². The van der Waals surface area contributed by atoms with Crippen LogP contribution in [0, 0.1) is 11.7 Å². The van der Waals surface area contributed by atoms with Crippen LogP contribution < -0.4 is 21.3 Å². The van der Waals surface area contributed by atoms with Crippen molar-refractivity contribution in [2.24, 2.45) is 5.92 Å². The third-order valence-corrected chi connectivity index (χ3v) is 6.41. The number of anilines is 1. The number of amides is 3. The summed E-state index contributed by atoms with van der Waals surface area (Å²) >= 11 is 0. The van der Waals surface area contributed by atoms with Crippen LogP contribution in [0.1, 0.15) is 37.5 Å². The van der Waals surface area contributed by atoms with Crippen molar-refractivity contribution in [2.45, 2.75) is 44.6 Å². The molecule has 34 heavy (non-hydrogen) atoms. The molecule has 8 nitrogen and oxygen atoms in total. The van der Waals surface area contributed by atoms with E-state index in [0.29, 0.717) is 11.5 Å². The van der Waals surface area contributed by atoms with E-state index in [9.17, 15) is 14.0 Å². The average Bonchev–Trinajstić information content (AvgIpc) is 3.28. The fourth-order valence-corrected chi connectivity index (χ4v) is 4.64. The maximum atomic E-state index is 13.1. The van der Waals surface area contributed by atoms with Crippen LogP contribution in [-0.4, -0.2) is 27.8 Å². The zero-order valence-corrected chi connectivity index (χ0v) is 18.6. The van der Waals surface area contributed by atoms with Gasteiger partial charge in [0.2, 0.25) is 5.91 Å². The number of hydrogen-bond acceptors (Lipinski definition) is 4. The number of nitrogens with one attached hydrogen (secondary N) is 4. The second kappa shape index (κ2) is 9.64. The lowest BCUT2D eigenvalue weighted by atomic mass is 9.83. The summed E-state index contributed by atoms with van der Waals surface area (Å²) in [6.45, 7) is 0.244. The highest BCUT2D eigenvalue weighted by atomic mass is 19.1. The molecule has 0 spiro atoms. The summed E-state index contributed by atoms with van der Waals surface area (Å²) in [5, 5.41) is 16.9. The van der Waals surface area contributed by atoms with Gasteiger partial charge in [0.1, 0.15) is 11.6 Å². The Hall–Kier alpha value is -3.72. The number of aromatic nitrogens is 2. The van der Waals surface area contributed by atoms with E-state index in [4.69, 9.17) is 5.10 Å². The number of halogens is 1. The summed E-state index contributed by atoms with van der Waals surface area (Å²) in [5.74, 6) is 0.0943. The van der Waals surface area contributed by atoms with Gasteiger partial charge in [-0.25, -0.2) is 13.9 Å². The average molecular weight is 463 g/mol. The van der Waals surface area contributed by atoms with E-state index in [0.717, 1.165) is 36.8 Å². The van der Waals surface area contributed by atoms with E-state index in [1.54, 1.807) is 22.9 Å². The Morgan fingerprint density at radius 1 is 1.09 bits per heavy atom. The topological polar surface area (TPSA) is 100 Å². The Morgan fingerprint density at radius 2 is 1.85 bits per heavy atom. The number of hydrogen-bond donors (Lipinski definition) is 4. The molecule has 2 heterocycles. The monoisotopic (exact) mass is 462 g/mol. The molecule has 3 unspecified atom stereocenters. The molecule has 2 aromatic carbocycles. The van der Waals surface area contributed by atoms with Crippen molar-refractivity contribution < 1.29 is 14.0 Å². The number of fused-ring (bicyclic) bond motifs is 1. The Kier molecular flexibility index (Phi) is 6.27. The number of benzene rings is 2. The molecule has 0 bridgehead atoms. The van der Waals surface area contributed by atoms with Crippen molar-refractivity contribution in [3.05, 3.63) is 72.0 Å². The molecule has 0 radical (unpaired) electrons. The first-order chi connectivity index (χ1) is 16.6. The molecular weight excluding hydrogens is 435 g/mol. The molecule has 3 atom stereocenters. The van der Waals surface area contributed by atoms with Gasteiger partial charge in [-0.3, -0.25) is 15.4 Å². The van der Waals surface area contributed by atoms with Crippen molar-refractivity contribution >= 4 is 17.8 Å². The number of nitrogens with zero attached hydrogens (tertiary/aromatic N) is 2. The fraction of sp³-hybridized carbons (Fsp3) is 0.320. The molecule has 1 saturated heterocycles. The van der Waals surface area contributed by atoms with E-state index in [1.807, 2.05) is 30.3 Å². The van der Waals surface area contributed by atoms with Gasteiger partial charge >= 0.3 is 6.03 Å². The van der Waals surface area contributed by atoms with Crippen molar-refractivity contribution in [2.75, 3.05) is 5.32 Å². The van der Waals surface area contributed by atoms with Crippen LogP contribution >= 0.6 is 0 Å². The largest absolute Gasteiger partial charge is 0.334 e. The molecule has 2 fully saturated rings. The lowest BCUT2D eigenvalue weighted by Crippen LogP contribution is -2.59. The highest BCUT2D eigenvalue weighted by Gasteiger charge is 2.38. The molecule has 2 aliphatic rings. The maximum Gasteiger partial charge on any atom is 0.320 e. The maximum absolute atomic E-state index is 13.1. The SMILES string of the molecule is O=C(NCc1ccc(F)cc1)Nc1cc(-c2ccccc2)nn1C1NC(=O)C2CCCCC2N1. The Balaban J connectivity index is 1.37. The zero-order chi connectivity index (χ0) is 23.5. The van der Waals surface area contributed by atoms with Crippen molar-refractivity contribution in [1.82, 2.24) is 25.7 Å². The van der Waals surface area contributed by atoms with Crippen molar-refractivity contribution in [3.63, 3.8) is 0 Å². The van der Waals surface area contributed by atoms with Crippen molar-refractivity contribution in [1.29, 1.82) is 0 Å². The van der Waals surface area contributed by atoms with Crippen molar-refractivity contribution in [3.8, 4) is 11.3 Å². The van der Waals surface area contributed by atoms with Gasteiger partial charge in [0.05, 0.1) is 11.6 Å². The van der Waals surface area contributed by atoms with E-state index >= 15 is 0 Å². The first-order valence-electron chi connectivity index (χ1n) is 11.6. The lowest BCUT2D eigenvalue weighted by molar-refractivity contribution is -0.132. The van der Waals surface area contributed by atoms with E-state index in [2.05, 4.69) is 21.3 Å². The molecule has 3 amide bonds. The highest BCUT2D eigenvalue weighted by molar-refractivity contribution is 5.89. The Labute approximate surface area is 196 Å². The van der Waals surface area contributed by atoms with Crippen LogP contribution in [0.3, 0.4) is 0 Å². The number of carbonyl (C=O) groups is 2. The zero-order valence-electron chi connectivity index (χ0n) is 18.6. The summed E-state index contributed by atoms with van der Waals surface area (Å²) in [7, 11) is 0. The number of urea groups is 1. The summed E-state index contributed by atoms with van der Waals surface area (Å²) < 4.78 is 14.7. The van der Waals surface area contributed by atoms with Crippen LogP contribution in [0.2, 0.25) is 0 Å². The summed E-state index contributed by atoms with van der Waals surface area (Å²) in [6, 6.07) is 17.0. The molecule has 3 aromatic rings. The van der Waals surface area contributed by atoms with Crippen LogP contribution in [0.4, 0.5) is 15.0 Å². The summed E-state index contributed by atoms with van der Waals surface area (Å²) in [4.78, 5) is 25.5. The minimum absolute atomic E-state index is 0.0110. The van der Waals surface area contributed by atoms with Gasteiger partial charge in [0.25, 0.3) is 0 Å². The van der Waals surface area contributed by atoms with Crippen LogP contribution in [0.15, 0.2) is 60.7 Å². The molecule has 176 valence electrons. The smallest absolute Gasteiger partial charge is 0.320 e. The van der Waals surface area contributed by atoms with Gasteiger partial charge in [-0.2, -0.15) is 5.10 Å². The van der Waals surface area contributed by atoms with Gasteiger partial charge in [0.15, 0.2) is 6.29 Å². The molecule has 1 aromatic heterocycles. The predicted octanol–water partition coefficient (Wildman–Crippen LogP) is 3.75.